The van der Waals surface area contributed by atoms with E-state index in [1.165, 1.54) is 28.0 Å². The summed E-state index contributed by atoms with van der Waals surface area (Å²) < 4.78 is 58.5. The normalized spacial score (nSPS) is 25.1. The summed E-state index contributed by atoms with van der Waals surface area (Å²) in [5.74, 6) is -1.50. The molecule has 1 aromatic carbocycles. The lowest BCUT2D eigenvalue weighted by Crippen LogP contribution is -2.75. The Morgan fingerprint density at radius 1 is 1.10 bits per heavy atom. The van der Waals surface area contributed by atoms with Crippen LogP contribution in [0, 0.1) is 5.82 Å². The number of para-hydroxylation sites is 1. The Hall–Kier alpha value is -4.04. The molecule has 3 atom stereocenters. The summed E-state index contributed by atoms with van der Waals surface area (Å²) in [7, 11) is 0. The molecule has 15 heteroatoms. The lowest BCUT2D eigenvalue weighted by molar-refractivity contribution is -0.191. The molecule has 2 saturated heterocycles. The van der Waals surface area contributed by atoms with E-state index in [1.54, 1.807) is 13.8 Å². The molecular weight excluding hydrogens is 526 g/mol. The van der Waals surface area contributed by atoms with Crippen molar-refractivity contribution in [3.8, 4) is 17.0 Å². The van der Waals surface area contributed by atoms with E-state index in [1.807, 2.05) is 0 Å². The first-order chi connectivity index (χ1) is 18.3. The van der Waals surface area contributed by atoms with Gasteiger partial charge in [0.2, 0.25) is 0 Å². The number of urea groups is 1. The van der Waals surface area contributed by atoms with Gasteiger partial charge in [-0.2, -0.15) is 13.2 Å². The van der Waals surface area contributed by atoms with Gasteiger partial charge in [0.25, 0.3) is 0 Å². The second-order valence-electron chi connectivity index (χ2n) is 10.1. The molecule has 3 aliphatic rings. The molecule has 2 aromatic rings. The van der Waals surface area contributed by atoms with Crippen LogP contribution in [0.5, 0.6) is 5.75 Å². The quantitative estimate of drug-likeness (QED) is 0.461. The highest BCUT2D eigenvalue weighted by molar-refractivity contribution is 5.80. The van der Waals surface area contributed by atoms with Crippen LogP contribution >= 0.6 is 0 Å². The second kappa shape index (κ2) is 9.31. The first-order valence-electron chi connectivity index (χ1n) is 12.3. The maximum atomic E-state index is 14.8. The van der Waals surface area contributed by atoms with E-state index in [9.17, 15) is 37.4 Å². The first-order valence-corrected chi connectivity index (χ1v) is 12.3. The molecule has 3 aliphatic heterocycles. The van der Waals surface area contributed by atoms with Crippen molar-refractivity contribution in [2.45, 2.75) is 37.6 Å². The first kappa shape index (κ1) is 26.6. The summed E-state index contributed by atoms with van der Waals surface area (Å²) in [6.45, 7) is 1.96. The molecule has 0 saturated carbocycles. The van der Waals surface area contributed by atoms with Gasteiger partial charge in [-0.05, 0) is 32.0 Å². The summed E-state index contributed by atoms with van der Waals surface area (Å²) in [5, 5.41) is 30.1. The predicted molar refractivity (Wildman–Crippen MR) is 131 cm³/mol. The molecule has 2 fully saturated rings. The number of alkyl halides is 3. The van der Waals surface area contributed by atoms with Crippen LogP contribution in [-0.4, -0.2) is 110 Å². The van der Waals surface area contributed by atoms with E-state index in [4.69, 9.17) is 0 Å². The van der Waals surface area contributed by atoms with Gasteiger partial charge in [-0.25, -0.2) is 14.0 Å². The van der Waals surface area contributed by atoms with Gasteiger partial charge >= 0.3 is 18.3 Å². The van der Waals surface area contributed by atoms with Crippen LogP contribution in [0.3, 0.4) is 0 Å². The van der Waals surface area contributed by atoms with Crippen molar-refractivity contribution in [1.82, 2.24) is 24.9 Å². The SMILES string of the molecule is C[C@@H]1CN(C(=O)O)C[C@H](C)N1C(=O)N1CCN2c3cc(-c4cccc(F)c4O)nnc3NCC2(C(F)(F)F)C1. The monoisotopic (exact) mass is 553 g/mol. The van der Waals surface area contributed by atoms with Gasteiger partial charge in [0.15, 0.2) is 22.9 Å². The van der Waals surface area contributed by atoms with E-state index in [2.05, 4.69) is 15.5 Å². The van der Waals surface area contributed by atoms with Gasteiger partial charge in [0.05, 0.1) is 24.5 Å². The minimum atomic E-state index is -4.78. The summed E-state index contributed by atoms with van der Waals surface area (Å²) in [6, 6.07) is 3.43. The smallest absolute Gasteiger partial charge is 0.415 e. The highest BCUT2D eigenvalue weighted by Crippen LogP contribution is 2.47. The van der Waals surface area contributed by atoms with Gasteiger partial charge in [-0.15, -0.1) is 10.2 Å². The Labute approximate surface area is 220 Å². The van der Waals surface area contributed by atoms with Gasteiger partial charge in [-0.3, -0.25) is 0 Å². The molecule has 5 rings (SSSR count). The van der Waals surface area contributed by atoms with Crippen molar-refractivity contribution < 1.29 is 37.4 Å². The summed E-state index contributed by atoms with van der Waals surface area (Å²) >= 11 is 0. The van der Waals surface area contributed by atoms with E-state index in [0.29, 0.717) is 0 Å². The zero-order valence-corrected chi connectivity index (χ0v) is 21.1. The lowest BCUT2D eigenvalue weighted by Gasteiger charge is -2.55. The molecule has 1 unspecified atom stereocenters. The highest BCUT2D eigenvalue weighted by atomic mass is 19.4. The van der Waals surface area contributed by atoms with Crippen LogP contribution in [-0.2, 0) is 0 Å². The zero-order chi connectivity index (χ0) is 28.3. The molecule has 0 radical (unpaired) electrons. The zero-order valence-electron chi connectivity index (χ0n) is 21.1. The van der Waals surface area contributed by atoms with E-state index >= 15 is 0 Å². The van der Waals surface area contributed by atoms with Crippen molar-refractivity contribution in [3.05, 3.63) is 30.1 Å². The van der Waals surface area contributed by atoms with Crippen LogP contribution in [0.25, 0.3) is 11.3 Å². The summed E-state index contributed by atoms with van der Waals surface area (Å²) in [6.07, 6.45) is -5.90. The minimum absolute atomic E-state index is 0.0111. The van der Waals surface area contributed by atoms with Gasteiger partial charge < -0.3 is 35.1 Å². The fraction of sp³-hybridized carbons (Fsp3) is 0.500. The number of phenolic OH excluding ortho intramolecular Hbond substituents is 1. The number of piperazine rings is 2. The number of nitrogens with zero attached hydrogens (tertiary/aromatic N) is 6. The van der Waals surface area contributed by atoms with Crippen molar-refractivity contribution in [3.63, 3.8) is 0 Å². The molecule has 11 nitrogen and oxygen atoms in total. The second-order valence-corrected chi connectivity index (χ2v) is 10.1. The number of halogens is 4. The fourth-order valence-corrected chi connectivity index (χ4v) is 5.74. The Bertz CT molecular complexity index is 1300. The standard InChI is InChI=1S/C24H27F4N7O4/c1-13-9-33(22(38)39)10-14(2)35(13)21(37)32-6-7-34-18-8-17(15-4-3-5-16(25)19(15)36)30-31-20(18)29-11-23(34,12-32)24(26,27)28/h3-5,8,13-14,36H,6-7,9-12H2,1-2H3,(H,29,31)(H,38,39)/t13-,14+,23?. The number of aromatic hydroxyl groups is 1. The van der Waals surface area contributed by atoms with Crippen LogP contribution < -0.4 is 10.2 Å². The third-order valence-corrected chi connectivity index (χ3v) is 7.65. The number of phenols is 1. The van der Waals surface area contributed by atoms with E-state index in [-0.39, 0.29) is 48.9 Å². The number of carboxylic acid groups (broad SMARTS) is 1. The average molecular weight is 554 g/mol. The third kappa shape index (κ3) is 4.29. The summed E-state index contributed by atoms with van der Waals surface area (Å²) in [4.78, 5) is 29.9. The van der Waals surface area contributed by atoms with Crippen molar-refractivity contribution in [1.29, 1.82) is 0 Å². The number of benzene rings is 1. The number of nitrogens with one attached hydrogen (secondary N) is 1. The molecule has 39 heavy (non-hydrogen) atoms. The topological polar surface area (TPSA) is 125 Å². The molecule has 210 valence electrons. The van der Waals surface area contributed by atoms with Crippen molar-refractivity contribution in [2.24, 2.45) is 0 Å². The number of carbonyl (C=O) groups is 2. The van der Waals surface area contributed by atoms with Crippen LogP contribution in [0.15, 0.2) is 24.3 Å². The number of hydrogen-bond acceptors (Lipinski definition) is 7. The summed E-state index contributed by atoms with van der Waals surface area (Å²) in [5.41, 5.74) is -2.47. The van der Waals surface area contributed by atoms with Crippen LogP contribution in [0.4, 0.5) is 38.7 Å². The van der Waals surface area contributed by atoms with Gasteiger partial charge in [0.1, 0.15) is 0 Å². The minimum Gasteiger partial charge on any atom is -0.504 e. The van der Waals surface area contributed by atoms with E-state index in [0.717, 1.165) is 15.9 Å². The Morgan fingerprint density at radius 3 is 2.44 bits per heavy atom. The number of hydrogen-bond donors (Lipinski definition) is 3. The van der Waals surface area contributed by atoms with Gasteiger partial charge in [-0.1, -0.05) is 6.07 Å². The number of aromatic nitrogens is 2. The maximum absolute atomic E-state index is 14.8. The van der Waals surface area contributed by atoms with Crippen molar-refractivity contribution >= 4 is 23.6 Å². The third-order valence-electron chi connectivity index (χ3n) is 7.65. The Morgan fingerprint density at radius 2 is 1.79 bits per heavy atom. The van der Waals surface area contributed by atoms with Gasteiger partial charge in [0, 0.05) is 43.8 Å². The number of amides is 3. The van der Waals surface area contributed by atoms with Crippen LogP contribution in [0.1, 0.15) is 13.8 Å². The molecule has 0 aliphatic carbocycles. The maximum Gasteiger partial charge on any atom is 0.415 e. The number of carbonyl (C=O) groups excluding carboxylic acids is 1. The molecule has 3 amide bonds. The largest absolute Gasteiger partial charge is 0.504 e. The molecule has 0 bridgehead atoms. The lowest BCUT2D eigenvalue weighted by atomic mass is 9.89. The predicted octanol–water partition coefficient (Wildman–Crippen LogP) is 3.03. The molecular formula is C24H27F4N7O4. The fourth-order valence-electron chi connectivity index (χ4n) is 5.74. The number of anilines is 2. The molecule has 0 spiro atoms. The van der Waals surface area contributed by atoms with E-state index < -0.39 is 60.6 Å². The number of fused-ring (bicyclic) bond motifs is 3. The molecule has 3 N–H and O–H groups in total. The Balaban J connectivity index is 1.47. The average Bonchev–Trinajstić information content (AvgIpc) is 2.88. The van der Waals surface area contributed by atoms with Crippen molar-refractivity contribution in [2.75, 3.05) is 49.5 Å². The molecule has 1 aromatic heterocycles. The number of rotatable bonds is 1. The Kier molecular flexibility index (Phi) is 6.34. The highest BCUT2D eigenvalue weighted by Gasteiger charge is 2.63. The van der Waals surface area contributed by atoms with Crippen LogP contribution in [0.2, 0.25) is 0 Å². The molecule has 4 heterocycles.